The molecule has 1 heterocycles. The summed E-state index contributed by atoms with van der Waals surface area (Å²) < 4.78 is 5.55. The Morgan fingerprint density at radius 2 is 2.10 bits per heavy atom. The monoisotopic (exact) mass is 277 g/mol. The molecule has 0 fully saturated rings. The first-order valence-corrected chi connectivity index (χ1v) is 7.54. The van der Waals surface area contributed by atoms with E-state index in [0.717, 1.165) is 25.2 Å². The standard InChI is InChI=1S/C17H27NO2/c1-12(18-16(7-9-19)17(2,3)4)13-5-6-15-14(11-13)8-10-20-15/h5-6,11-12,16,18-19H,7-10H2,1-4H3. The van der Waals surface area contributed by atoms with Crippen LogP contribution in [0.3, 0.4) is 0 Å². The summed E-state index contributed by atoms with van der Waals surface area (Å²) in [5.41, 5.74) is 2.74. The van der Waals surface area contributed by atoms with Gasteiger partial charge < -0.3 is 15.2 Å². The van der Waals surface area contributed by atoms with Gasteiger partial charge in [0.1, 0.15) is 5.75 Å². The number of nitrogens with one attached hydrogen (secondary N) is 1. The van der Waals surface area contributed by atoms with E-state index >= 15 is 0 Å². The molecule has 2 N–H and O–H groups in total. The second-order valence-electron chi connectivity index (χ2n) is 6.78. The van der Waals surface area contributed by atoms with E-state index in [4.69, 9.17) is 4.74 Å². The van der Waals surface area contributed by atoms with Gasteiger partial charge in [-0.25, -0.2) is 0 Å². The first-order valence-electron chi connectivity index (χ1n) is 7.54. The van der Waals surface area contributed by atoms with Crippen molar-refractivity contribution in [2.24, 2.45) is 5.41 Å². The van der Waals surface area contributed by atoms with Gasteiger partial charge in [-0.1, -0.05) is 32.9 Å². The minimum absolute atomic E-state index is 0.136. The molecule has 0 aliphatic carbocycles. The lowest BCUT2D eigenvalue weighted by molar-refractivity contribution is 0.188. The predicted octanol–water partition coefficient (Wildman–Crippen LogP) is 3.07. The average molecular weight is 277 g/mol. The maximum Gasteiger partial charge on any atom is 0.122 e. The molecule has 20 heavy (non-hydrogen) atoms. The molecule has 2 atom stereocenters. The smallest absolute Gasteiger partial charge is 0.122 e. The third-order valence-electron chi connectivity index (χ3n) is 4.13. The van der Waals surface area contributed by atoms with E-state index in [0.29, 0.717) is 6.04 Å². The lowest BCUT2D eigenvalue weighted by Crippen LogP contribution is -2.42. The summed E-state index contributed by atoms with van der Waals surface area (Å²) in [7, 11) is 0. The van der Waals surface area contributed by atoms with Gasteiger partial charge >= 0.3 is 0 Å². The van der Waals surface area contributed by atoms with Crippen molar-refractivity contribution in [3.05, 3.63) is 29.3 Å². The van der Waals surface area contributed by atoms with Crippen molar-refractivity contribution in [1.82, 2.24) is 5.32 Å². The zero-order valence-electron chi connectivity index (χ0n) is 13.1. The van der Waals surface area contributed by atoms with Crippen LogP contribution >= 0.6 is 0 Å². The summed E-state index contributed by atoms with van der Waals surface area (Å²) in [6, 6.07) is 7.04. The fourth-order valence-electron chi connectivity index (χ4n) is 2.77. The maximum absolute atomic E-state index is 9.25. The van der Waals surface area contributed by atoms with Gasteiger partial charge in [0.15, 0.2) is 0 Å². The number of benzene rings is 1. The van der Waals surface area contributed by atoms with Gasteiger partial charge in [-0.05, 0) is 36.0 Å². The zero-order chi connectivity index (χ0) is 14.8. The summed E-state index contributed by atoms with van der Waals surface area (Å²) in [6.45, 7) is 9.85. The van der Waals surface area contributed by atoms with Crippen LogP contribution in [0.5, 0.6) is 5.75 Å². The highest BCUT2D eigenvalue weighted by atomic mass is 16.5. The van der Waals surface area contributed by atoms with Crippen molar-refractivity contribution >= 4 is 0 Å². The molecular formula is C17H27NO2. The van der Waals surface area contributed by atoms with E-state index in [1.807, 2.05) is 0 Å². The van der Waals surface area contributed by atoms with Crippen LogP contribution in [-0.4, -0.2) is 24.4 Å². The lowest BCUT2D eigenvalue weighted by Gasteiger charge is -2.34. The molecule has 0 aromatic heterocycles. The van der Waals surface area contributed by atoms with Crippen molar-refractivity contribution in [3.8, 4) is 5.75 Å². The number of fused-ring (bicyclic) bond motifs is 1. The highest BCUT2D eigenvalue weighted by molar-refractivity contribution is 5.40. The SMILES string of the molecule is CC(NC(CCO)C(C)(C)C)c1ccc2c(c1)CCO2. The van der Waals surface area contributed by atoms with Gasteiger partial charge in [0, 0.05) is 25.1 Å². The predicted molar refractivity (Wildman–Crippen MR) is 82.1 cm³/mol. The molecule has 0 saturated carbocycles. The second kappa shape index (κ2) is 6.15. The van der Waals surface area contributed by atoms with Crippen molar-refractivity contribution in [1.29, 1.82) is 0 Å². The Balaban J connectivity index is 2.08. The van der Waals surface area contributed by atoms with Crippen LogP contribution in [-0.2, 0) is 6.42 Å². The summed E-state index contributed by atoms with van der Waals surface area (Å²) in [6.07, 6.45) is 1.79. The zero-order valence-corrected chi connectivity index (χ0v) is 13.1. The number of aliphatic hydroxyl groups is 1. The van der Waals surface area contributed by atoms with Crippen molar-refractivity contribution in [2.45, 2.75) is 52.6 Å². The van der Waals surface area contributed by atoms with Gasteiger partial charge in [0.05, 0.1) is 6.61 Å². The third kappa shape index (κ3) is 3.53. The fraction of sp³-hybridized carbons (Fsp3) is 0.647. The molecule has 0 saturated heterocycles. The number of aliphatic hydroxyl groups excluding tert-OH is 1. The van der Waals surface area contributed by atoms with Crippen LogP contribution in [0.25, 0.3) is 0 Å². The molecule has 1 aromatic carbocycles. The molecule has 0 amide bonds. The summed E-state index contributed by atoms with van der Waals surface area (Å²) >= 11 is 0. The number of hydrogen-bond acceptors (Lipinski definition) is 3. The van der Waals surface area contributed by atoms with Crippen LogP contribution < -0.4 is 10.1 Å². The summed E-state index contributed by atoms with van der Waals surface area (Å²) in [5.74, 6) is 1.03. The van der Waals surface area contributed by atoms with Gasteiger partial charge in [-0.2, -0.15) is 0 Å². The Labute approximate surface area is 122 Å². The fourth-order valence-corrected chi connectivity index (χ4v) is 2.77. The van der Waals surface area contributed by atoms with Gasteiger partial charge in [0.25, 0.3) is 0 Å². The second-order valence-corrected chi connectivity index (χ2v) is 6.78. The molecule has 112 valence electrons. The van der Waals surface area contributed by atoms with Crippen LogP contribution in [0.2, 0.25) is 0 Å². The van der Waals surface area contributed by atoms with Gasteiger partial charge in [-0.3, -0.25) is 0 Å². The molecule has 0 spiro atoms. The highest BCUT2D eigenvalue weighted by Gasteiger charge is 2.26. The minimum atomic E-state index is 0.136. The minimum Gasteiger partial charge on any atom is -0.493 e. The number of ether oxygens (including phenoxy) is 1. The average Bonchev–Trinajstić information content (AvgIpc) is 2.84. The van der Waals surface area contributed by atoms with Crippen LogP contribution in [0.1, 0.15) is 51.3 Å². The molecule has 2 unspecified atom stereocenters. The largest absolute Gasteiger partial charge is 0.493 e. The van der Waals surface area contributed by atoms with Crippen molar-refractivity contribution in [2.75, 3.05) is 13.2 Å². The molecule has 0 radical (unpaired) electrons. The van der Waals surface area contributed by atoms with E-state index in [1.54, 1.807) is 0 Å². The van der Waals surface area contributed by atoms with Crippen LogP contribution in [0, 0.1) is 5.41 Å². The van der Waals surface area contributed by atoms with E-state index in [1.165, 1.54) is 11.1 Å². The van der Waals surface area contributed by atoms with E-state index in [-0.39, 0.29) is 18.1 Å². The molecule has 3 nitrogen and oxygen atoms in total. The first-order chi connectivity index (χ1) is 9.41. The Morgan fingerprint density at radius 3 is 2.75 bits per heavy atom. The molecule has 1 aliphatic heterocycles. The summed E-state index contributed by atoms with van der Waals surface area (Å²) in [4.78, 5) is 0. The lowest BCUT2D eigenvalue weighted by atomic mass is 9.84. The molecule has 1 aliphatic rings. The Hall–Kier alpha value is -1.06. The van der Waals surface area contributed by atoms with E-state index in [2.05, 4.69) is 51.2 Å². The van der Waals surface area contributed by atoms with Crippen molar-refractivity contribution in [3.63, 3.8) is 0 Å². The van der Waals surface area contributed by atoms with Crippen molar-refractivity contribution < 1.29 is 9.84 Å². The quantitative estimate of drug-likeness (QED) is 0.869. The Bertz CT molecular complexity index is 451. The van der Waals surface area contributed by atoms with Gasteiger partial charge in [-0.15, -0.1) is 0 Å². The normalized spacial score (nSPS) is 17.4. The Kier molecular flexibility index (Phi) is 4.71. The molecule has 0 bridgehead atoms. The molecule has 1 aromatic rings. The molecule has 2 rings (SSSR count). The number of rotatable bonds is 5. The maximum atomic E-state index is 9.25. The summed E-state index contributed by atoms with van der Waals surface area (Å²) in [5, 5.41) is 12.9. The topological polar surface area (TPSA) is 41.5 Å². The molecular weight excluding hydrogens is 250 g/mol. The van der Waals surface area contributed by atoms with E-state index < -0.39 is 0 Å². The highest BCUT2D eigenvalue weighted by Crippen LogP contribution is 2.30. The van der Waals surface area contributed by atoms with Crippen LogP contribution in [0.4, 0.5) is 0 Å². The third-order valence-corrected chi connectivity index (χ3v) is 4.13. The van der Waals surface area contributed by atoms with Gasteiger partial charge in [0.2, 0.25) is 0 Å². The Morgan fingerprint density at radius 1 is 1.35 bits per heavy atom. The van der Waals surface area contributed by atoms with Crippen LogP contribution in [0.15, 0.2) is 18.2 Å². The first kappa shape index (κ1) is 15.3. The molecule has 3 heteroatoms. The number of hydrogen-bond donors (Lipinski definition) is 2. The van der Waals surface area contributed by atoms with E-state index in [9.17, 15) is 5.11 Å².